The minimum Gasteiger partial charge on any atom is -0.303 e. The zero-order valence-corrected chi connectivity index (χ0v) is 28.9. The zero-order valence-electron chi connectivity index (χ0n) is 28.9. The van der Waals surface area contributed by atoms with Crippen molar-refractivity contribution in [1.29, 1.82) is 0 Å². The average Bonchev–Trinajstić information content (AvgIpc) is 2.96. The first-order valence-corrected chi connectivity index (χ1v) is 19.2. The van der Waals surface area contributed by atoms with Crippen LogP contribution in [0.4, 0.5) is 0 Å². The van der Waals surface area contributed by atoms with E-state index < -0.39 is 0 Å². The maximum atomic E-state index is 2.84. The number of nitrogens with zero attached hydrogens (tertiary/aromatic N) is 2. The Labute approximate surface area is 256 Å². The summed E-state index contributed by atoms with van der Waals surface area (Å²) < 4.78 is 0. The van der Waals surface area contributed by atoms with Crippen LogP contribution >= 0.6 is 0 Å². The van der Waals surface area contributed by atoms with Gasteiger partial charge in [0.05, 0.1) is 0 Å². The predicted molar refractivity (Wildman–Crippen MR) is 185 cm³/mol. The molecule has 242 valence electrons. The first-order chi connectivity index (χ1) is 19.8. The molecular formula is C38H80N2. The van der Waals surface area contributed by atoms with Gasteiger partial charge in [0, 0.05) is 0 Å². The quantitative estimate of drug-likeness (QED) is 0.0706. The summed E-state index contributed by atoms with van der Waals surface area (Å²) >= 11 is 0. The van der Waals surface area contributed by atoms with E-state index >= 15 is 0 Å². The van der Waals surface area contributed by atoms with E-state index in [-0.39, 0.29) is 0 Å². The van der Waals surface area contributed by atoms with Crippen LogP contribution in [0.2, 0.25) is 0 Å². The van der Waals surface area contributed by atoms with Crippen LogP contribution in [0, 0.1) is 0 Å². The molecule has 0 rings (SSSR count). The molecule has 0 aliphatic carbocycles. The summed E-state index contributed by atoms with van der Waals surface area (Å²) in [6, 6.07) is 0. The van der Waals surface area contributed by atoms with Crippen molar-refractivity contribution in [2.45, 2.75) is 207 Å². The zero-order chi connectivity index (χ0) is 29.2. The molecule has 0 bridgehead atoms. The second-order valence-corrected chi connectivity index (χ2v) is 13.2. The van der Waals surface area contributed by atoms with Gasteiger partial charge in [-0.15, -0.1) is 0 Å². The largest absolute Gasteiger partial charge is 0.303 e. The molecule has 0 heterocycles. The molecule has 40 heavy (non-hydrogen) atoms. The van der Waals surface area contributed by atoms with Crippen molar-refractivity contribution in [3.63, 3.8) is 0 Å². The highest BCUT2D eigenvalue weighted by Gasteiger charge is 2.07. The van der Waals surface area contributed by atoms with Gasteiger partial charge >= 0.3 is 0 Å². The molecule has 0 atom stereocenters. The van der Waals surface area contributed by atoms with E-state index in [0.29, 0.717) is 0 Å². The highest BCUT2D eigenvalue weighted by molar-refractivity contribution is 4.63. The molecule has 0 aromatic rings. The van der Waals surface area contributed by atoms with Crippen molar-refractivity contribution in [3.05, 3.63) is 0 Å². The summed E-state index contributed by atoms with van der Waals surface area (Å²) in [4.78, 5) is 5.67. The second kappa shape index (κ2) is 35.1. The van der Waals surface area contributed by atoms with Gasteiger partial charge in [0.25, 0.3) is 0 Å². The topological polar surface area (TPSA) is 6.48 Å². The third kappa shape index (κ3) is 30.9. The Bertz CT molecular complexity index is 365. The number of unbranched alkanes of at least 4 members (excludes halogenated alkanes) is 23. The van der Waals surface area contributed by atoms with Crippen molar-refractivity contribution < 1.29 is 0 Å². The van der Waals surface area contributed by atoms with E-state index in [1.807, 2.05) is 0 Å². The van der Waals surface area contributed by atoms with Crippen LogP contribution < -0.4 is 0 Å². The Kier molecular flexibility index (Phi) is 35.0. The van der Waals surface area contributed by atoms with Crippen molar-refractivity contribution in [3.8, 4) is 0 Å². The van der Waals surface area contributed by atoms with Gasteiger partial charge in [-0.1, -0.05) is 169 Å². The smallest absolute Gasteiger partial charge is 0.00187 e. The number of hydrogen-bond donors (Lipinski definition) is 0. The summed E-state index contributed by atoms with van der Waals surface area (Å²) in [5, 5.41) is 0. The second-order valence-electron chi connectivity index (χ2n) is 13.2. The van der Waals surface area contributed by atoms with Gasteiger partial charge in [-0.25, -0.2) is 0 Å². The first kappa shape index (κ1) is 39.9. The molecule has 0 aromatic carbocycles. The minimum absolute atomic E-state index is 1.35. The van der Waals surface area contributed by atoms with Gasteiger partial charge in [0.15, 0.2) is 0 Å². The highest BCUT2D eigenvalue weighted by atomic mass is 15.1. The van der Waals surface area contributed by atoms with E-state index in [0.717, 1.165) is 0 Å². The Morgan fingerprint density at radius 1 is 0.200 bits per heavy atom. The molecular weight excluding hydrogens is 484 g/mol. The van der Waals surface area contributed by atoms with Crippen LogP contribution in [0.3, 0.4) is 0 Å². The van der Waals surface area contributed by atoms with E-state index in [4.69, 9.17) is 0 Å². The first-order valence-electron chi connectivity index (χ1n) is 19.2. The molecule has 0 fully saturated rings. The fourth-order valence-electron chi connectivity index (χ4n) is 6.16. The van der Waals surface area contributed by atoms with Crippen LogP contribution in [0.5, 0.6) is 0 Å². The molecule has 0 spiro atoms. The van der Waals surface area contributed by atoms with Gasteiger partial charge in [-0.2, -0.15) is 0 Å². The molecule has 2 nitrogen and oxygen atoms in total. The van der Waals surface area contributed by atoms with Crippen LogP contribution in [0.1, 0.15) is 207 Å². The SMILES string of the molecule is CCCCCCCCN(CCCCCCCC)CCCCCCN(CCCCCCCC)CCCCCCCC. The third-order valence-corrected chi connectivity index (χ3v) is 9.01. The molecule has 0 aromatic heterocycles. The van der Waals surface area contributed by atoms with Crippen LogP contribution in [0.25, 0.3) is 0 Å². The van der Waals surface area contributed by atoms with Crippen LogP contribution in [0.15, 0.2) is 0 Å². The third-order valence-electron chi connectivity index (χ3n) is 9.01. The molecule has 0 aliphatic rings. The van der Waals surface area contributed by atoms with E-state index in [9.17, 15) is 0 Å². The lowest BCUT2D eigenvalue weighted by Crippen LogP contribution is -2.28. The normalized spacial score (nSPS) is 11.8. The molecule has 0 saturated carbocycles. The molecule has 0 N–H and O–H groups in total. The maximum absolute atomic E-state index is 2.84. The van der Waals surface area contributed by atoms with Gasteiger partial charge < -0.3 is 9.80 Å². The molecule has 0 radical (unpaired) electrons. The number of rotatable bonds is 35. The standard InChI is InChI=1S/C38H80N2/c1-5-9-13-17-21-27-33-39(34-28-22-18-14-10-6-2)37-31-25-26-32-38-40(35-29-23-19-15-11-7-3)36-30-24-20-16-12-8-4/h5-38H2,1-4H3. The Morgan fingerprint density at radius 3 is 0.525 bits per heavy atom. The van der Waals surface area contributed by atoms with Gasteiger partial charge in [-0.05, 0) is 77.8 Å². The van der Waals surface area contributed by atoms with Gasteiger partial charge in [-0.3, -0.25) is 0 Å². The Morgan fingerprint density at radius 2 is 0.350 bits per heavy atom. The highest BCUT2D eigenvalue weighted by Crippen LogP contribution is 2.13. The summed E-state index contributed by atoms with van der Waals surface area (Å²) in [5.41, 5.74) is 0. The average molecular weight is 565 g/mol. The van der Waals surface area contributed by atoms with Gasteiger partial charge in [0.2, 0.25) is 0 Å². The summed E-state index contributed by atoms with van der Waals surface area (Å²) in [7, 11) is 0. The predicted octanol–water partition coefficient (Wildman–Crippen LogP) is 12.6. The summed E-state index contributed by atoms with van der Waals surface area (Å²) in [6.45, 7) is 17.4. The van der Waals surface area contributed by atoms with E-state index in [2.05, 4.69) is 37.5 Å². The molecule has 0 unspecified atom stereocenters. The summed E-state index contributed by atoms with van der Waals surface area (Å²) in [6.07, 6.45) is 39.9. The lowest BCUT2D eigenvalue weighted by Gasteiger charge is -2.23. The van der Waals surface area contributed by atoms with Crippen LogP contribution in [-0.2, 0) is 0 Å². The fourth-order valence-corrected chi connectivity index (χ4v) is 6.16. The molecule has 0 amide bonds. The Balaban J connectivity index is 4.23. The maximum Gasteiger partial charge on any atom is -0.00187 e. The van der Waals surface area contributed by atoms with E-state index in [1.165, 1.54) is 219 Å². The van der Waals surface area contributed by atoms with E-state index in [1.54, 1.807) is 0 Å². The van der Waals surface area contributed by atoms with Crippen molar-refractivity contribution in [1.82, 2.24) is 9.80 Å². The van der Waals surface area contributed by atoms with Crippen LogP contribution in [-0.4, -0.2) is 49.1 Å². The number of hydrogen-bond acceptors (Lipinski definition) is 2. The van der Waals surface area contributed by atoms with Gasteiger partial charge in [0.1, 0.15) is 0 Å². The lowest BCUT2D eigenvalue weighted by atomic mass is 10.1. The molecule has 0 aliphatic heterocycles. The van der Waals surface area contributed by atoms with Crippen molar-refractivity contribution in [2.75, 3.05) is 39.3 Å². The summed E-state index contributed by atoms with van der Waals surface area (Å²) in [5.74, 6) is 0. The lowest BCUT2D eigenvalue weighted by molar-refractivity contribution is 0.244. The molecule has 2 heteroatoms. The minimum atomic E-state index is 1.35. The fraction of sp³-hybridized carbons (Fsp3) is 1.00. The molecule has 0 saturated heterocycles. The van der Waals surface area contributed by atoms with Crippen molar-refractivity contribution >= 4 is 0 Å². The van der Waals surface area contributed by atoms with Crippen molar-refractivity contribution in [2.24, 2.45) is 0 Å². The monoisotopic (exact) mass is 565 g/mol. The Hall–Kier alpha value is -0.0800.